The highest BCUT2D eigenvalue weighted by Gasteiger charge is 2.45. The number of aromatic amines is 1. The van der Waals surface area contributed by atoms with E-state index in [1.54, 1.807) is 12.4 Å². The van der Waals surface area contributed by atoms with Gasteiger partial charge in [0.25, 0.3) is 5.56 Å². The summed E-state index contributed by atoms with van der Waals surface area (Å²) in [6.45, 7) is 4.40. The Morgan fingerprint density at radius 2 is 2.29 bits per heavy atom. The number of ether oxygens (including phenoxy) is 1. The summed E-state index contributed by atoms with van der Waals surface area (Å²) in [5, 5.41) is 0. The number of carbonyl (C=O) groups excluding carboxylic acids is 1. The van der Waals surface area contributed by atoms with Gasteiger partial charge in [-0.2, -0.15) is 0 Å². The number of rotatable bonds is 5. The molecule has 7 heteroatoms. The number of aromatic nitrogens is 3. The third-order valence-electron chi connectivity index (χ3n) is 5.90. The van der Waals surface area contributed by atoms with E-state index in [0.29, 0.717) is 38.4 Å². The van der Waals surface area contributed by atoms with Crippen LogP contribution >= 0.6 is 0 Å². The number of piperidine rings is 1. The van der Waals surface area contributed by atoms with Gasteiger partial charge < -0.3 is 14.6 Å². The van der Waals surface area contributed by atoms with Crippen LogP contribution in [0.2, 0.25) is 0 Å². The smallest absolute Gasteiger partial charge is 0.254 e. The minimum atomic E-state index is -0.222. The van der Waals surface area contributed by atoms with Crippen molar-refractivity contribution in [3.8, 4) is 11.4 Å². The van der Waals surface area contributed by atoms with Crippen molar-refractivity contribution in [2.45, 2.75) is 44.4 Å². The minimum Gasteiger partial charge on any atom is -0.381 e. The van der Waals surface area contributed by atoms with Crippen LogP contribution in [0.4, 0.5) is 0 Å². The molecule has 148 valence electrons. The lowest BCUT2D eigenvalue weighted by molar-refractivity contribution is -0.134. The molecule has 0 aromatic carbocycles. The molecule has 1 aliphatic carbocycles. The fourth-order valence-electron chi connectivity index (χ4n) is 4.49. The molecule has 1 unspecified atom stereocenters. The molecule has 1 N–H and O–H groups in total. The second-order valence-corrected chi connectivity index (χ2v) is 7.63. The molecule has 1 saturated heterocycles. The molecule has 28 heavy (non-hydrogen) atoms. The summed E-state index contributed by atoms with van der Waals surface area (Å²) in [6.07, 6.45) is 7.27. The van der Waals surface area contributed by atoms with Gasteiger partial charge in [0.1, 0.15) is 5.82 Å². The number of carbonyl (C=O) groups is 1. The zero-order valence-corrected chi connectivity index (χ0v) is 16.2. The number of nitrogens with zero attached hydrogens (tertiary/aromatic N) is 3. The lowest BCUT2D eigenvalue weighted by Crippen LogP contribution is -2.48. The van der Waals surface area contributed by atoms with Gasteiger partial charge in [0.2, 0.25) is 5.91 Å². The Kier molecular flexibility index (Phi) is 5.26. The highest BCUT2D eigenvalue weighted by atomic mass is 16.5. The van der Waals surface area contributed by atoms with Crippen molar-refractivity contribution in [1.29, 1.82) is 0 Å². The number of fused-ring (bicyclic) bond motifs is 2. The Balaban J connectivity index is 1.63. The largest absolute Gasteiger partial charge is 0.381 e. The molecule has 1 spiro atoms. The molecule has 3 heterocycles. The van der Waals surface area contributed by atoms with Crippen molar-refractivity contribution in [3.05, 3.63) is 46.1 Å². The van der Waals surface area contributed by atoms with Gasteiger partial charge in [0.05, 0.1) is 18.7 Å². The standard InChI is InChI=1S/C21H26N4O3/c1-2-28-12-7-17(26)25-11-4-8-21(14-25)9-6-16-18(21)23-19(24-20(16)27)15-5-3-10-22-13-15/h3,5,10,13H,2,4,6-9,11-12,14H2,1H3,(H,23,24,27). The maximum Gasteiger partial charge on any atom is 0.254 e. The Morgan fingerprint density at radius 3 is 3.07 bits per heavy atom. The lowest BCUT2D eigenvalue weighted by atomic mass is 9.77. The quantitative estimate of drug-likeness (QED) is 0.800. The van der Waals surface area contributed by atoms with Crippen molar-refractivity contribution in [3.63, 3.8) is 0 Å². The first-order chi connectivity index (χ1) is 13.6. The van der Waals surface area contributed by atoms with E-state index in [-0.39, 0.29) is 16.9 Å². The van der Waals surface area contributed by atoms with Crippen LogP contribution < -0.4 is 5.56 Å². The second kappa shape index (κ2) is 7.83. The molecule has 7 nitrogen and oxygen atoms in total. The van der Waals surface area contributed by atoms with Gasteiger partial charge in [-0.1, -0.05) is 0 Å². The summed E-state index contributed by atoms with van der Waals surface area (Å²) < 4.78 is 5.34. The first-order valence-electron chi connectivity index (χ1n) is 10.0. The molecule has 2 aromatic rings. The Labute approximate surface area is 164 Å². The first-order valence-corrected chi connectivity index (χ1v) is 10.0. The average Bonchev–Trinajstić information content (AvgIpc) is 3.07. The number of hydrogen-bond acceptors (Lipinski definition) is 5. The number of H-pyrrole nitrogens is 1. The van der Waals surface area contributed by atoms with E-state index in [1.807, 2.05) is 24.0 Å². The highest BCUT2D eigenvalue weighted by Crippen LogP contribution is 2.43. The zero-order chi connectivity index (χ0) is 19.6. The van der Waals surface area contributed by atoms with E-state index in [2.05, 4.69) is 9.97 Å². The van der Waals surface area contributed by atoms with Gasteiger partial charge in [0.15, 0.2) is 0 Å². The molecule has 2 aliphatic rings. The van der Waals surface area contributed by atoms with Gasteiger partial charge in [0, 0.05) is 48.6 Å². The molecule has 1 atom stereocenters. The van der Waals surface area contributed by atoms with Gasteiger partial charge >= 0.3 is 0 Å². The van der Waals surface area contributed by atoms with Crippen LogP contribution in [0.5, 0.6) is 0 Å². The SMILES string of the molecule is CCOCCC(=O)N1CCCC2(CCc3c2nc(-c2cccnc2)[nH]c3=O)C1. The molecular weight excluding hydrogens is 356 g/mol. The molecule has 2 aromatic heterocycles. The summed E-state index contributed by atoms with van der Waals surface area (Å²) in [4.78, 5) is 39.2. The van der Waals surface area contributed by atoms with Crippen molar-refractivity contribution in [1.82, 2.24) is 19.9 Å². The predicted octanol–water partition coefficient (Wildman–Crippen LogP) is 2.06. The van der Waals surface area contributed by atoms with E-state index >= 15 is 0 Å². The van der Waals surface area contributed by atoms with Crippen LogP contribution in [-0.2, 0) is 21.4 Å². The van der Waals surface area contributed by atoms with E-state index in [1.165, 1.54) is 0 Å². The number of amides is 1. The van der Waals surface area contributed by atoms with E-state index in [4.69, 9.17) is 9.72 Å². The second-order valence-electron chi connectivity index (χ2n) is 7.63. The van der Waals surface area contributed by atoms with Gasteiger partial charge in [-0.25, -0.2) is 4.98 Å². The van der Waals surface area contributed by atoms with E-state index < -0.39 is 0 Å². The zero-order valence-electron chi connectivity index (χ0n) is 16.2. The van der Waals surface area contributed by atoms with Crippen LogP contribution in [-0.4, -0.2) is 52.1 Å². The molecular formula is C21H26N4O3. The number of likely N-dealkylation sites (tertiary alicyclic amines) is 1. The molecule has 0 saturated carbocycles. The summed E-state index contributed by atoms with van der Waals surface area (Å²) in [6, 6.07) is 3.72. The van der Waals surface area contributed by atoms with Gasteiger partial charge in [-0.3, -0.25) is 14.6 Å². The van der Waals surface area contributed by atoms with Crippen molar-refractivity contribution in [2.75, 3.05) is 26.3 Å². The molecule has 0 radical (unpaired) electrons. The molecule has 1 aliphatic heterocycles. The topological polar surface area (TPSA) is 88.2 Å². The maximum absolute atomic E-state index is 12.7. The summed E-state index contributed by atoms with van der Waals surface area (Å²) >= 11 is 0. The molecule has 1 amide bonds. The van der Waals surface area contributed by atoms with Crippen LogP contribution in [0.25, 0.3) is 11.4 Å². The monoisotopic (exact) mass is 382 g/mol. The predicted molar refractivity (Wildman–Crippen MR) is 105 cm³/mol. The average molecular weight is 382 g/mol. The van der Waals surface area contributed by atoms with Crippen molar-refractivity contribution < 1.29 is 9.53 Å². The summed E-state index contributed by atoms with van der Waals surface area (Å²) in [7, 11) is 0. The number of pyridine rings is 1. The van der Waals surface area contributed by atoms with Crippen LogP contribution in [0, 0.1) is 0 Å². The minimum absolute atomic E-state index is 0.0690. The molecule has 4 rings (SSSR count). The molecule has 1 fully saturated rings. The first kappa shape index (κ1) is 18.8. The maximum atomic E-state index is 12.7. The highest BCUT2D eigenvalue weighted by molar-refractivity contribution is 5.76. The van der Waals surface area contributed by atoms with Crippen molar-refractivity contribution >= 4 is 5.91 Å². The summed E-state index contributed by atoms with van der Waals surface area (Å²) in [5.41, 5.74) is 2.15. The van der Waals surface area contributed by atoms with Crippen LogP contribution in [0.1, 0.15) is 43.9 Å². The third kappa shape index (κ3) is 3.46. The van der Waals surface area contributed by atoms with E-state index in [9.17, 15) is 9.59 Å². The van der Waals surface area contributed by atoms with Gasteiger partial charge in [-0.05, 0) is 44.7 Å². The normalized spacial score (nSPS) is 21.1. The van der Waals surface area contributed by atoms with Crippen LogP contribution in [0.15, 0.2) is 29.3 Å². The lowest BCUT2D eigenvalue weighted by Gasteiger charge is -2.40. The van der Waals surface area contributed by atoms with E-state index in [0.717, 1.165) is 42.6 Å². The number of nitrogens with one attached hydrogen (secondary N) is 1. The Morgan fingerprint density at radius 1 is 1.39 bits per heavy atom. The summed E-state index contributed by atoms with van der Waals surface area (Å²) in [5.74, 6) is 0.677. The van der Waals surface area contributed by atoms with Crippen molar-refractivity contribution in [2.24, 2.45) is 0 Å². The van der Waals surface area contributed by atoms with Gasteiger partial charge in [-0.15, -0.1) is 0 Å². The Bertz CT molecular complexity index is 912. The fraction of sp³-hybridized carbons (Fsp3) is 0.524. The number of hydrogen-bond donors (Lipinski definition) is 1. The molecule has 0 bridgehead atoms. The third-order valence-corrected chi connectivity index (χ3v) is 5.90. The van der Waals surface area contributed by atoms with Crippen LogP contribution in [0.3, 0.4) is 0 Å². The Hall–Kier alpha value is -2.54. The fourth-order valence-corrected chi connectivity index (χ4v) is 4.49.